The molecule has 3 nitrogen and oxygen atoms in total. The van der Waals surface area contributed by atoms with Gasteiger partial charge in [0.1, 0.15) is 11.5 Å². The van der Waals surface area contributed by atoms with Gasteiger partial charge < -0.3 is 0 Å². The molecule has 1 aromatic heterocycles. The van der Waals surface area contributed by atoms with E-state index in [1.807, 2.05) is 0 Å². The fourth-order valence-electron chi connectivity index (χ4n) is 1.85. The molecule has 1 aliphatic carbocycles. The normalized spacial score (nSPS) is 15.0. The van der Waals surface area contributed by atoms with Gasteiger partial charge in [0.2, 0.25) is 5.28 Å². The summed E-state index contributed by atoms with van der Waals surface area (Å²) in [6.07, 6.45) is 1.52. The molecule has 100 valence electrons. The summed E-state index contributed by atoms with van der Waals surface area (Å²) in [5, 5.41) is 6.85. The summed E-state index contributed by atoms with van der Waals surface area (Å²) in [5.74, 6) is -5.90. The summed E-state index contributed by atoms with van der Waals surface area (Å²) >= 11 is 5.71. The van der Waals surface area contributed by atoms with Crippen molar-refractivity contribution >= 4 is 11.6 Å². The molecule has 0 spiro atoms. The maximum Gasteiger partial charge on any atom is 0.229 e. The van der Waals surface area contributed by atoms with E-state index in [1.54, 1.807) is 0 Å². The average molecular weight is 292 g/mol. The Morgan fingerprint density at radius 1 is 1.05 bits per heavy atom. The molecule has 0 atom stereocenters. The molecule has 19 heavy (non-hydrogen) atoms. The molecular formula is C11H6ClF4N3. The van der Waals surface area contributed by atoms with Crippen molar-refractivity contribution in [2.45, 2.75) is 18.8 Å². The van der Waals surface area contributed by atoms with Gasteiger partial charge in [-0.05, 0) is 24.4 Å². The molecule has 0 amide bonds. The SMILES string of the molecule is Fc1cc(F)c(F)c(-n2c(Cl)nnc2C2CC2)c1F. The molecular weight excluding hydrogens is 286 g/mol. The Labute approximate surface area is 109 Å². The molecule has 0 unspecified atom stereocenters. The van der Waals surface area contributed by atoms with E-state index in [9.17, 15) is 17.6 Å². The highest BCUT2D eigenvalue weighted by molar-refractivity contribution is 6.28. The zero-order valence-corrected chi connectivity index (χ0v) is 10.1. The Morgan fingerprint density at radius 2 is 1.63 bits per heavy atom. The van der Waals surface area contributed by atoms with Gasteiger partial charge in [-0.2, -0.15) is 0 Å². The Kier molecular flexibility index (Phi) is 2.74. The second-order valence-electron chi connectivity index (χ2n) is 4.25. The Morgan fingerprint density at radius 3 is 2.16 bits per heavy atom. The summed E-state index contributed by atoms with van der Waals surface area (Å²) in [7, 11) is 0. The van der Waals surface area contributed by atoms with Crippen LogP contribution in [-0.2, 0) is 0 Å². The standard InChI is InChI=1S/C11H6ClF4N3/c12-11-18-17-10(4-1-2-4)19(11)9-7(15)5(13)3-6(14)8(9)16/h3-4H,1-2H2. The molecule has 1 aliphatic rings. The molecule has 1 aromatic carbocycles. The topological polar surface area (TPSA) is 30.7 Å². The lowest BCUT2D eigenvalue weighted by atomic mass is 10.2. The van der Waals surface area contributed by atoms with Gasteiger partial charge in [-0.25, -0.2) is 17.6 Å². The second-order valence-corrected chi connectivity index (χ2v) is 4.59. The summed E-state index contributed by atoms with van der Waals surface area (Å²) in [6, 6.07) is 0.142. The maximum atomic E-state index is 13.7. The lowest BCUT2D eigenvalue weighted by Crippen LogP contribution is -2.09. The minimum Gasteiger partial charge on any atom is -0.263 e. The number of hydrogen-bond acceptors (Lipinski definition) is 2. The molecule has 0 N–H and O–H groups in total. The van der Waals surface area contributed by atoms with Crippen molar-refractivity contribution in [1.29, 1.82) is 0 Å². The van der Waals surface area contributed by atoms with Crippen LogP contribution in [0.25, 0.3) is 5.69 Å². The third-order valence-electron chi connectivity index (χ3n) is 2.90. The predicted octanol–water partition coefficient (Wildman–Crippen LogP) is 3.35. The third kappa shape index (κ3) is 1.88. The van der Waals surface area contributed by atoms with Crippen LogP contribution in [0.3, 0.4) is 0 Å². The van der Waals surface area contributed by atoms with Gasteiger partial charge in [0.05, 0.1) is 0 Å². The highest BCUT2D eigenvalue weighted by Gasteiger charge is 2.33. The number of nitrogens with zero attached hydrogens (tertiary/aromatic N) is 3. The van der Waals surface area contributed by atoms with E-state index in [0.29, 0.717) is 0 Å². The van der Waals surface area contributed by atoms with Crippen LogP contribution in [0.15, 0.2) is 6.07 Å². The van der Waals surface area contributed by atoms with Crippen LogP contribution in [0.4, 0.5) is 17.6 Å². The van der Waals surface area contributed by atoms with E-state index in [-0.39, 0.29) is 23.1 Å². The van der Waals surface area contributed by atoms with Gasteiger partial charge >= 0.3 is 0 Å². The van der Waals surface area contributed by atoms with E-state index in [0.717, 1.165) is 17.4 Å². The lowest BCUT2D eigenvalue weighted by Gasteiger charge is -2.10. The first-order valence-corrected chi connectivity index (χ1v) is 5.82. The fourth-order valence-corrected chi connectivity index (χ4v) is 2.05. The van der Waals surface area contributed by atoms with Crippen molar-refractivity contribution in [2.24, 2.45) is 0 Å². The number of benzene rings is 1. The van der Waals surface area contributed by atoms with E-state index in [1.165, 1.54) is 0 Å². The first kappa shape index (κ1) is 12.4. The van der Waals surface area contributed by atoms with Crippen molar-refractivity contribution in [3.05, 3.63) is 40.4 Å². The van der Waals surface area contributed by atoms with Crippen LogP contribution in [-0.4, -0.2) is 14.8 Å². The molecule has 2 aromatic rings. The van der Waals surface area contributed by atoms with Crippen molar-refractivity contribution in [1.82, 2.24) is 14.8 Å². The van der Waals surface area contributed by atoms with Gasteiger partial charge in [0.25, 0.3) is 0 Å². The van der Waals surface area contributed by atoms with E-state index in [4.69, 9.17) is 11.6 Å². The molecule has 0 bridgehead atoms. The summed E-state index contributed by atoms with van der Waals surface area (Å²) in [5.41, 5.74) is -0.922. The van der Waals surface area contributed by atoms with E-state index < -0.39 is 29.0 Å². The molecule has 3 rings (SSSR count). The highest BCUT2D eigenvalue weighted by atomic mass is 35.5. The number of halogens is 5. The Balaban J connectivity index is 2.30. The van der Waals surface area contributed by atoms with Gasteiger partial charge in [0.15, 0.2) is 23.3 Å². The maximum absolute atomic E-state index is 13.7. The average Bonchev–Trinajstić information content (AvgIpc) is 3.13. The number of hydrogen-bond donors (Lipinski definition) is 0. The minimum atomic E-state index is -1.53. The molecule has 1 saturated carbocycles. The second kappa shape index (κ2) is 4.19. The van der Waals surface area contributed by atoms with Crippen molar-refractivity contribution in [3.63, 3.8) is 0 Å². The number of rotatable bonds is 2. The first-order valence-electron chi connectivity index (χ1n) is 5.45. The van der Waals surface area contributed by atoms with Crippen LogP contribution < -0.4 is 0 Å². The van der Waals surface area contributed by atoms with Gasteiger partial charge in [-0.3, -0.25) is 4.57 Å². The minimum absolute atomic E-state index is 0.0508. The molecule has 0 aliphatic heterocycles. The van der Waals surface area contributed by atoms with Crippen molar-refractivity contribution < 1.29 is 17.6 Å². The molecule has 8 heteroatoms. The smallest absolute Gasteiger partial charge is 0.229 e. The fraction of sp³-hybridized carbons (Fsp3) is 0.273. The van der Waals surface area contributed by atoms with Gasteiger partial charge in [-0.1, -0.05) is 0 Å². The zero-order valence-electron chi connectivity index (χ0n) is 9.30. The van der Waals surface area contributed by atoms with Gasteiger partial charge in [0, 0.05) is 12.0 Å². The van der Waals surface area contributed by atoms with Gasteiger partial charge in [-0.15, -0.1) is 10.2 Å². The largest absolute Gasteiger partial charge is 0.263 e. The van der Waals surface area contributed by atoms with Crippen molar-refractivity contribution in [2.75, 3.05) is 0 Å². The quantitative estimate of drug-likeness (QED) is 0.627. The molecule has 1 heterocycles. The Bertz CT molecular complexity index is 640. The third-order valence-corrected chi connectivity index (χ3v) is 3.15. The van der Waals surface area contributed by atoms with E-state index in [2.05, 4.69) is 10.2 Å². The van der Waals surface area contributed by atoms with Crippen LogP contribution in [0, 0.1) is 23.3 Å². The van der Waals surface area contributed by atoms with Crippen LogP contribution >= 0.6 is 11.6 Å². The Hall–Kier alpha value is -1.63. The molecule has 1 fully saturated rings. The zero-order chi connectivity index (χ0) is 13.7. The molecule has 0 radical (unpaired) electrons. The number of aromatic nitrogens is 3. The predicted molar refractivity (Wildman–Crippen MR) is 58.2 cm³/mol. The van der Waals surface area contributed by atoms with Crippen LogP contribution in [0.2, 0.25) is 5.28 Å². The summed E-state index contributed by atoms with van der Waals surface area (Å²) in [6.45, 7) is 0. The van der Waals surface area contributed by atoms with Crippen molar-refractivity contribution in [3.8, 4) is 5.69 Å². The summed E-state index contributed by atoms with van der Waals surface area (Å²) in [4.78, 5) is 0. The van der Waals surface area contributed by atoms with Crippen LogP contribution in [0.1, 0.15) is 24.6 Å². The molecule has 0 saturated heterocycles. The monoisotopic (exact) mass is 291 g/mol. The highest BCUT2D eigenvalue weighted by Crippen LogP contribution is 2.41. The summed E-state index contributed by atoms with van der Waals surface area (Å²) < 4.78 is 54.7. The van der Waals surface area contributed by atoms with Crippen LogP contribution in [0.5, 0.6) is 0 Å². The van der Waals surface area contributed by atoms with E-state index >= 15 is 0 Å². The first-order chi connectivity index (χ1) is 9.00. The lowest BCUT2D eigenvalue weighted by molar-refractivity contribution is 0.446.